The molecule has 0 fully saturated rings. The molecule has 0 aliphatic rings. The van der Waals surface area contributed by atoms with Crippen LogP contribution in [0.4, 0.5) is 0 Å². The van der Waals surface area contributed by atoms with E-state index in [1.54, 1.807) is 0 Å². The van der Waals surface area contributed by atoms with E-state index in [9.17, 15) is 4.79 Å². The largest absolute Gasteiger partial charge is 0.485 e. The molecule has 0 unspecified atom stereocenters. The monoisotopic (exact) mass is 438 g/mol. The van der Waals surface area contributed by atoms with E-state index in [0.717, 1.165) is 29.0 Å². The first-order chi connectivity index (χ1) is 14.8. The molecule has 1 N–H and O–H groups in total. The number of carbonyl (C=O) groups is 1. The second-order valence-corrected chi connectivity index (χ2v) is 9.10. The Bertz CT molecular complexity index is 1010. The molecule has 0 radical (unpaired) electrons. The molecule has 6 nitrogen and oxygen atoms in total. The molecular weight excluding hydrogens is 408 g/mol. The summed E-state index contributed by atoms with van der Waals surface area (Å²) in [5, 5.41) is 12.4. The normalized spacial score (nSPS) is 11.4. The maximum Gasteiger partial charge on any atom is 0.230 e. The number of hydrogen-bond donors (Lipinski definition) is 1. The number of nitrogens with one attached hydrogen (secondary N) is 1. The second-order valence-electron chi connectivity index (χ2n) is 8.15. The van der Waals surface area contributed by atoms with Gasteiger partial charge in [0.05, 0.1) is 5.75 Å². The van der Waals surface area contributed by atoms with Gasteiger partial charge in [-0.1, -0.05) is 55.1 Å². The average molecular weight is 439 g/mol. The van der Waals surface area contributed by atoms with E-state index in [1.165, 1.54) is 11.8 Å². The minimum Gasteiger partial charge on any atom is -0.485 e. The van der Waals surface area contributed by atoms with Gasteiger partial charge in [-0.25, -0.2) is 0 Å². The third-order valence-corrected chi connectivity index (χ3v) is 6.09. The van der Waals surface area contributed by atoms with Crippen molar-refractivity contribution in [1.82, 2.24) is 20.1 Å². The van der Waals surface area contributed by atoms with Crippen LogP contribution in [0.3, 0.4) is 0 Å². The van der Waals surface area contributed by atoms with Gasteiger partial charge in [0, 0.05) is 11.2 Å². The lowest BCUT2D eigenvalue weighted by Gasteiger charge is -2.24. The Morgan fingerprint density at radius 3 is 2.39 bits per heavy atom. The van der Waals surface area contributed by atoms with Gasteiger partial charge in [-0.15, -0.1) is 10.2 Å². The summed E-state index contributed by atoms with van der Waals surface area (Å²) >= 11 is 1.37. The predicted octanol–water partition coefficient (Wildman–Crippen LogP) is 4.86. The molecular formula is C24H30N4O2S. The number of aryl methyl sites for hydroxylation is 2. The van der Waals surface area contributed by atoms with Crippen molar-refractivity contribution in [2.24, 2.45) is 0 Å². The summed E-state index contributed by atoms with van der Waals surface area (Å²) in [5.74, 6) is 1.80. The maximum absolute atomic E-state index is 12.4. The van der Waals surface area contributed by atoms with Gasteiger partial charge in [0.1, 0.15) is 12.4 Å². The van der Waals surface area contributed by atoms with Crippen molar-refractivity contribution in [2.75, 3.05) is 5.75 Å². The van der Waals surface area contributed by atoms with Crippen LogP contribution in [0.15, 0.2) is 53.7 Å². The zero-order chi connectivity index (χ0) is 22.4. The van der Waals surface area contributed by atoms with Crippen LogP contribution < -0.4 is 10.1 Å². The zero-order valence-corrected chi connectivity index (χ0v) is 19.6. The predicted molar refractivity (Wildman–Crippen MR) is 125 cm³/mol. The molecule has 0 bridgehead atoms. The van der Waals surface area contributed by atoms with E-state index < -0.39 is 0 Å². The number of hydrogen-bond acceptors (Lipinski definition) is 5. The van der Waals surface area contributed by atoms with Crippen LogP contribution in [0.2, 0.25) is 0 Å². The first-order valence-electron chi connectivity index (χ1n) is 10.4. The Morgan fingerprint density at radius 1 is 1.06 bits per heavy atom. The first kappa shape index (κ1) is 22.9. The highest BCUT2D eigenvalue weighted by atomic mass is 32.2. The molecule has 3 rings (SSSR count). The Kier molecular flexibility index (Phi) is 7.38. The molecule has 2 aromatic carbocycles. The van der Waals surface area contributed by atoms with E-state index in [-0.39, 0.29) is 23.8 Å². The topological polar surface area (TPSA) is 69.0 Å². The van der Waals surface area contributed by atoms with Crippen molar-refractivity contribution >= 4 is 17.7 Å². The summed E-state index contributed by atoms with van der Waals surface area (Å²) < 4.78 is 8.08. The van der Waals surface area contributed by atoms with Gasteiger partial charge in [0.15, 0.2) is 11.0 Å². The number of amides is 1. The minimum absolute atomic E-state index is 0.0206. The maximum atomic E-state index is 12.4. The van der Waals surface area contributed by atoms with Crippen LogP contribution >= 0.6 is 11.8 Å². The number of aromatic nitrogens is 3. The number of rotatable bonds is 9. The quantitative estimate of drug-likeness (QED) is 0.483. The highest BCUT2D eigenvalue weighted by Crippen LogP contribution is 2.26. The van der Waals surface area contributed by atoms with E-state index in [2.05, 4.69) is 22.4 Å². The van der Waals surface area contributed by atoms with Gasteiger partial charge in [-0.2, -0.15) is 0 Å². The van der Waals surface area contributed by atoms with Crippen LogP contribution in [0.1, 0.15) is 44.1 Å². The number of nitrogens with zero attached hydrogens (tertiary/aromatic N) is 3. The van der Waals surface area contributed by atoms with Crippen molar-refractivity contribution < 1.29 is 9.53 Å². The van der Waals surface area contributed by atoms with Crippen LogP contribution in [0, 0.1) is 13.8 Å². The molecule has 0 aliphatic heterocycles. The lowest BCUT2D eigenvalue weighted by molar-refractivity contribution is -0.120. The molecule has 1 heterocycles. The highest BCUT2D eigenvalue weighted by molar-refractivity contribution is 7.99. The number of para-hydroxylation sites is 2. The van der Waals surface area contributed by atoms with Crippen LogP contribution in [-0.4, -0.2) is 32.0 Å². The number of thioether (sulfide) groups is 1. The van der Waals surface area contributed by atoms with Crippen molar-refractivity contribution in [2.45, 2.75) is 58.3 Å². The van der Waals surface area contributed by atoms with Gasteiger partial charge in [-0.3, -0.25) is 9.36 Å². The zero-order valence-electron chi connectivity index (χ0n) is 18.8. The molecule has 1 amide bonds. The second kappa shape index (κ2) is 10.0. The molecule has 0 saturated heterocycles. The Labute approximate surface area is 188 Å². The van der Waals surface area contributed by atoms with Gasteiger partial charge < -0.3 is 10.1 Å². The molecule has 1 aromatic heterocycles. The lowest BCUT2D eigenvalue weighted by Crippen LogP contribution is -2.43. The molecule has 0 saturated carbocycles. The molecule has 0 spiro atoms. The van der Waals surface area contributed by atoms with Crippen molar-refractivity contribution in [3.8, 4) is 11.4 Å². The Hall–Kier alpha value is -2.80. The molecule has 7 heteroatoms. The summed E-state index contributed by atoms with van der Waals surface area (Å²) in [6, 6.07) is 16.0. The fourth-order valence-corrected chi connectivity index (χ4v) is 3.89. The van der Waals surface area contributed by atoms with Gasteiger partial charge in [0.25, 0.3) is 0 Å². The molecule has 164 valence electrons. The molecule has 3 aromatic rings. The molecule has 0 aliphatic carbocycles. The van der Waals surface area contributed by atoms with E-state index in [4.69, 9.17) is 4.74 Å². The summed E-state index contributed by atoms with van der Waals surface area (Å²) in [6.07, 6.45) is 0.864. The van der Waals surface area contributed by atoms with Crippen molar-refractivity contribution in [3.05, 3.63) is 65.5 Å². The number of benzene rings is 2. The first-order valence-corrected chi connectivity index (χ1v) is 11.4. The molecule has 0 atom stereocenters. The SMILES string of the molecule is CCC(C)(C)NC(=O)CSc1nnc(COc2c(C)cccc2C)n1-c1ccccc1. The number of carbonyl (C=O) groups excluding carboxylic acids is 1. The van der Waals surface area contributed by atoms with Crippen molar-refractivity contribution in [1.29, 1.82) is 0 Å². The van der Waals surface area contributed by atoms with Gasteiger partial charge >= 0.3 is 0 Å². The Morgan fingerprint density at radius 2 is 1.74 bits per heavy atom. The number of ether oxygens (including phenoxy) is 1. The minimum atomic E-state index is -0.227. The summed E-state index contributed by atoms with van der Waals surface area (Å²) in [5.41, 5.74) is 2.87. The molecule has 31 heavy (non-hydrogen) atoms. The highest BCUT2D eigenvalue weighted by Gasteiger charge is 2.20. The third-order valence-electron chi connectivity index (χ3n) is 5.16. The summed E-state index contributed by atoms with van der Waals surface area (Å²) in [4.78, 5) is 12.4. The van der Waals surface area contributed by atoms with E-state index in [0.29, 0.717) is 11.0 Å². The summed E-state index contributed by atoms with van der Waals surface area (Å²) in [6.45, 7) is 10.4. The fraction of sp³-hybridized carbons (Fsp3) is 0.375. The van der Waals surface area contributed by atoms with Crippen LogP contribution in [0.5, 0.6) is 5.75 Å². The summed E-state index contributed by atoms with van der Waals surface area (Å²) in [7, 11) is 0. The third kappa shape index (κ3) is 5.88. The van der Waals surface area contributed by atoms with Crippen LogP contribution in [-0.2, 0) is 11.4 Å². The van der Waals surface area contributed by atoms with Gasteiger partial charge in [0.2, 0.25) is 5.91 Å². The lowest BCUT2D eigenvalue weighted by atomic mass is 10.0. The Balaban J connectivity index is 1.81. The van der Waals surface area contributed by atoms with E-state index in [1.807, 2.05) is 80.8 Å². The average Bonchev–Trinajstić information content (AvgIpc) is 3.15. The van der Waals surface area contributed by atoms with E-state index >= 15 is 0 Å². The van der Waals surface area contributed by atoms with Crippen LogP contribution in [0.25, 0.3) is 5.69 Å². The van der Waals surface area contributed by atoms with Crippen molar-refractivity contribution in [3.63, 3.8) is 0 Å². The van der Waals surface area contributed by atoms with Gasteiger partial charge in [-0.05, 0) is 57.4 Å². The standard InChI is InChI=1S/C24H30N4O2S/c1-6-24(4,5)25-21(29)16-31-23-27-26-20(28(23)19-13-8-7-9-14-19)15-30-22-17(2)11-10-12-18(22)3/h7-14H,6,15-16H2,1-5H3,(H,25,29). The smallest absolute Gasteiger partial charge is 0.230 e. The fourth-order valence-electron chi connectivity index (χ4n) is 3.12.